The van der Waals surface area contributed by atoms with Gasteiger partial charge in [0.15, 0.2) is 5.16 Å². The van der Waals surface area contributed by atoms with Crippen LogP contribution in [0.5, 0.6) is 0 Å². The lowest BCUT2D eigenvalue weighted by molar-refractivity contribution is 0.627. The molecule has 6 rings (SSSR count). The number of rotatable bonds is 6. The molecule has 43 heavy (non-hydrogen) atoms. The Morgan fingerprint density at radius 2 is 1.16 bits per heavy atom. The molecule has 0 radical (unpaired) electrons. The van der Waals surface area contributed by atoms with Crippen LogP contribution in [0.25, 0.3) is 34.4 Å². The Morgan fingerprint density at radius 1 is 0.698 bits per heavy atom. The van der Waals surface area contributed by atoms with Crippen molar-refractivity contribution in [2.24, 2.45) is 0 Å². The van der Waals surface area contributed by atoms with Gasteiger partial charge in [0.1, 0.15) is 44.1 Å². The maximum absolute atomic E-state index is 13.1. The first-order valence-corrected chi connectivity index (χ1v) is 16.6. The minimum atomic E-state index is -1.28. The van der Waals surface area contributed by atoms with Gasteiger partial charge in [-0.25, -0.2) is 38.7 Å². The molecule has 0 spiro atoms. The number of aromatic nitrogens is 8. The van der Waals surface area contributed by atoms with Gasteiger partial charge in [-0.05, 0) is 98.8 Å². The lowest BCUT2D eigenvalue weighted by Gasteiger charge is -2.07. The lowest BCUT2D eigenvalue weighted by atomic mass is 10.2. The summed E-state index contributed by atoms with van der Waals surface area (Å²) in [7, 11) is -1.28. The zero-order valence-electron chi connectivity index (χ0n) is 22.4. The standard InChI is InChI=1S/C14H10BrFN4OS.C14H10BrFN4S/c1-22(21)14-17-7-6-12(19-14)20-8-11(15)18-13(20)9-2-4-10(16)5-3-9;1-21-14-17-7-6-12(19-14)20-8-11(15)18-13(20)9-2-4-10(16)5-3-9/h2-8H,1H3;2-8H,1H3. The summed E-state index contributed by atoms with van der Waals surface area (Å²) < 4.78 is 42.6. The second-order valence-corrected chi connectivity index (χ2v) is 12.3. The summed E-state index contributed by atoms with van der Waals surface area (Å²) in [4.78, 5) is 25.7. The maximum atomic E-state index is 13.1. The normalized spacial score (nSPS) is 11.6. The highest BCUT2D eigenvalue weighted by Gasteiger charge is 2.14. The molecule has 0 saturated heterocycles. The molecule has 9 nitrogen and oxygen atoms in total. The molecular weight excluding hydrogens is 726 g/mol. The summed E-state index contributed by atoms with van der Waals surface area (Å²) >= 11 is 8.17. The molecule has 1 unspecified atom stereocenters. The predicted molar refractivity (Wildman–Crippen MR) is 169 cm³/mol. The zero-order chi connectivity index (χ0) is 30.5. The van der Waals surface area contributed by atoms with Gasteiger partial charge in [0, 0.05) is 42.2 Å². The fraction of sp³-hybridized carbons (Fsp3) is 0.0714. The van der Waals surface area contributed by atoms with E-state index in [0.717, 1.165) is 11.1 Å². The molecule has 218 valence electrons. The molecule has 0 saturated carbocycles. The van der Waals surface area contributed by atoms with Crippen LogP contribution in [0, 0.1) is 11.6 Å². The number of imidazole rings is 2. The average molecular weight is 746 g/mol. The van der Waals surface area contributed by atoms with Gasteiger partial charge >= 0.3 is 0 Å². The highest BCUT2D eigenvalue weighted by molar-refractivity contribution is 9.10. The van der Waals surface area contributed by atoms with Gasteiger partial charge in [-0.2, -0.15) is 0 Å². The van der Waals surface area contributed by atoms with Gasteiger partial charge in [0.25, 0.3) is 0 Å². The fourth-order valence-corrected chi connectivity index (χ4v) is 5.35. The number of halogens is 4. The Hall–Kier alpha value is -3.66. The Bertz CT molecular complexity index is 1900. The van der Waals surface area contributed by atoms with Gasteiger partial charge in [-0.15, -0.1) is 0 Å². The first-order valence-electron chi connectivity index (χ1n) is 12.3. The Kier molecular flexibility index (Phi) is 9.85. The molecule has 4 heterocycles. The van der Waals surface area contributed by atoms with Crippen molar-refractivity contribution in [3.8, 4) is 34.4 Å². The van der Waals surface area contributed by atoms with E-state index in [1.54, 1.807) is 59.6 Å². The van der Waals surface area contributed by atoms with Crippen molar-refractivity contribution < 1.29 is 13.0 Å². The predicted octanol–water partition coefficient (Wildman–Crippen LogP) is 6.92. The third kappa shape index (κ3) is 7.47. The summed E-state index contributed by atoms with van der Waals surface area (Å²) in [6, 6.07) is 15.7. The zero-order valence-corrected chi connectivity index (χ0v) is 27.2. The highest BCUT2D eigenvalue weighted by Crippen LogP contribution is 2.26. The van der Waals surface area contributed by atoms with E-state index >= 15 is 0 Å². The third-order valence-electron chi connectivity index (χ3n) is 5.73. The van der Waals surface area contributed by atoms with Crippen molar-refractivity contribution in [3.63, 3.8) is 0 Å². The Balaban J connectivity index is 0.000000171. The average Bonchev–Trinajstić information content (AvgIpc) is 3.61. The Labute approximate surface area is 268 Å². The second kappa shape index (κ2) is 13.8. The van der Waals surface area contributed by atoms with Gasteiger partial charge < -0.3 is 0 Å². The summed E-state index contributed by atoms with van der Waals surface area (Å²) in [6.45, 7) is 0. The van der Waals surface area contributed by atoms with Gasteiger partial charge in [-0.3, -0.25) is 13.3 Å². The first kappa shape index (κ1) is 30.8. The van der Waals surface area contributed by atoms with Crippen LogP contribution in [0.3, 0.4) is 0 Å². The van der Waals surface area contributed by atoms with Crippen LogP contribution in [0.2, 0.25) is 0 Å². The Morgan fingerprint density at radius 3 is 1.63 bits per heavy atom. The molecule has 0 N–H and O–H groups in total. The van der Waals surface area contributed by atoms with E-state index in [1.165, 1.54) is 42.3 Å². The summed E-state index contributed by atoms with van der Waals surface area (Å²) in [5, 5.41) is 0.926. The molecule has 0 amide bonds. The van der Waals surface area contributed by atoms with Crippen LogP contribution in [-0.2, 0) is 10.8 Å². The summed E-state index contributed by atoms with van der Waals surface area (Å²) in [5.41, 5.74) is 1.55. The van der Waals surface area contributed by atoms with E-state index in [1.807, 2.05) is 17.0 Å². The van der Waals surface area contributed by atoms with Gasteiger partial charge in [0.05, 0.1) is 10.8 Å². The largest absolute Gasteiger partial charge is 0.283 e. The topological polar surface area (TPSA) is 104 Å². The number of hydrogen-bond acceptors (Lipinski definition) is 8. The van der Waals surface area contributed by atoms with Crippen molar-refractivity contribution in [2.75, 3.05) is 12.5 Å². The van der Waals surface area contributed by atoms with Crippen LogP contribution in [-0.4, -0.2) is 55.8 Å². The third-order valence-corrected chi connectivity index (χ3v) is 7.77. The molecule has 1 atom stereocenters. The van der Waals surface area contributed by atoms with Crippen molar-refractivity contribution in [3.05, 3.63) is 106 Å². The van der Waals surface area contributed by atoms with Crippen molar-refractivity contribution in [2.45, 2.75) is 10.3 Å². The second-order valence-electron chi connectivity index (χ2n) is 8.58. The summed E-state index contributed by atoms with van der Waals surface area (Å²) in [6.07, 6.45) is 10.3. The first-order chi connectivity index (χ1) is 20.7. The molecule has 15 heteroatoms. The van der Waals surface area contributed by atoms with Crippen LogP contribution in [0.4, 0.5) is 8.78 Å². The number of nitrogens with zero attached hydrogens (tertiary/aromatic N) is 8. The molecule has 6 aromatic rings. The van der Waals surface area contributed by atoms with E-state index in [4.69, 9.17) is 0 Å². The van der Waals surface area contributed by atoms with Crippen LogP contribution >= 0.6 is 43.6 Å². The van der Waals surface area contributed by atoms with Crippen molar-refractivity contribution in [1.29, 1.82) is 0 Å². The quantitative estimate of drug-likeness (QED) is 0.134. The van der Waals surface area contributed by atoms with Gasteiger partial charge in [0.2, 0.25) is 5.16 Å². The van der Waals surface area contributed by atoms with E-state index in [2.05, 4.69) is 61.8 Å². The molecule has 0 aliphatic rings. The van der Waals surface area contributed by atoms with Crippen molar-refractivity contribution >= 4 is 54.4 Å². The molecule has 0 aliphatic carbocycles. The fourth-order valence-electron chi connectivity index (χ4n) is 3.83. The molecule has 0 fully saturated rings. The molecule has 2 aromatic carbocycles. The minimum Gasteiger partial charge on any atom is -0.283 e. The van der Waals surface area contributed by atoms with E-state index in [9.17, 15) is 13.0 Å². The van der Waals surface area contributed by atoms with Crippen LogP contribution in [0.1, 0.15) is 0 Å². The van der Waals surface area contributed by atoms with Crippen molar-refractivity contribution in [1.82, 2.24) is 39.0 Å². The molecule has 0 bridgehead atoms. The molecule has 0 aliphatic heterocycles. The number of hydrogen-bond donors (Lipinski definition) is 0. The SMILES string of the molecule is CS(=O)c1nccc(-n2cc(Br)nc2-c2ccc(F)cc2)n1.CSc1nccc(-n2cc(Br)nc2-c2ccc(F)cc2)n1. The van der Waals surface area contributed by atoms with E-state index < -0.39 is 10.8 Å². The van der Waals surface area contributed by atoms with Crippen LogP contribution < -0.4 is 0 Å². The van der Waals surface area contributed by atoms with Gasteiger partial charge in [-0.1, -0.05) is 11.8 Å². The highest BCUT2D eigenvalue weighted by atomic mass is 79.9. The van der Waals surface area contributed by atoms with Crippen LogP contribution in [0.15, 0.2) is 105 Å². The molecule has 4 aromatic heterocycles. The minimum absolute atomic E-state index is 0.243. The number of benzene rings is 2. The smallest absolute Gasteiger partial charge is 0.220 e. The summed E-state index contributed by atoms with van der Waals surface area (Å²) in [5.74, 6) is 1.95. The van der Waals surface area contributed by atoms with E-state index in [0.29, 0.717) is 37.6 Å². The lowest BCUT2D eigenvalue weighted by Crippen LogP contribution is -2.04. The maximum Gasteiger partial charge on any atom is 0.220 e. The monoisotopic (exact) mass is 744 g/mol. The number of thioether (sulfide) groups is 1. The van der Waals surface area contributed by atoms with E-state index in [-0.39, 0.29) is 16.8 Å². The molecular formula is C28H20Br2F2N8OS2.